The molecule has 1 aliphatic carbocycles. The first kappa shape index (κ1) is 18.9. The minimum atomic E-state index is -0.0302. The molecule has 0 bridgehead atoms. The standard InChI is InChI=1S/C27H24N4O/c32-27(31-18-22-8-5-15-30(22)17-21-7-2-4-10-25(21)31)20-12-14-26(28-16-20)29-24-13-11-19-6-1-3-9-23(19)24/h1-10,12,14-16,24H,11,13,17-18H2,(H,28,29). The number of nitrogens with zero attached hydrogens (tertiary/aromatic N) is 3. The summed E-state index contributed by atoms with van der Waals surface area (Å²) in [6.07, 6.45) is 5.91. The number of carbonyl (C=O) groups excluding carboxylic acids is 1. The highest BCUT2D eigenvalue weighted by Gasteiger charge is 2.25. The maximum absolute atomic E-state index is 13.5. The molecular formula is C27H24N4O. The van der Waals surface area contributed by atoms with E-state index in [0.29, 0.717) is 12.1 Å². The molecule has 5 nitrogen and oxygen atoms in total. The Morgan fingerprint density at radius 2 is 1.75 bits per heavy atom. The van der Waals surface area contributed by atoms with Gasteiger partial charge in [0, 0.05) is 30.3 Å². The summed E-state index contributed by atoms with van der Waals surface area (Å²) in [6, 6.07) is 24.9. The summed E-state index contributed by atoms with van der Waals surface area (Å²) in [6.45, 7) is 1.31. The number of aromatic nitrogens is 2. The fourth-order valence-electron chi connectivity index (χ4n) is 4.91. The van der Waals surface area contributed by atoms with E-state index in [2.05, 4.69) is 57.5 Å². The van der Waals surface area contributed by atoms with Gasteiger partial charge in [0.2, 0.25) is 0 Å². The summed E-state index contributed by atoms with van der Waals surface area (Å²) < 4.78 is 2.21. The number of carbonyl (C=O) groups is 1. The van der Waals surface area contributed by atoms with E-state index in [0.717, 1.165) is 42.1 Å². The Hall–Kier alpha value is -3.86. The molecule has 2 aromatic carbocycles. The molecule has 1 amide bonds. The lowest BCUT2D eigenvalue weighted by Crippen LogP contribution is -2.30. The molecule has 2 aliphatic rings. The number of pyridine rings is 1. The molecule has 0 radical (unpaired) electrons. The second-order valence-corrected chi connectivity index (χ2v) is 8.51. The molecule has 1 atom stereocenters. The molecule has 1 aliphatic heterocycles. The van der Waals surface area contributed by atoms with Crippen LogP contribution in [0.2, 0.25) is 0 Å². The van der Waals surface area contributed by atoms with Crippen molar-refractivity contribution in [1.82, 2.24) is 9.55 Å². The Morgan fingerprint density at radius 3 is 2.62 bits per heavy atom. The maximum Gasteiger partial charge on any atom is 0.260 e. The first-order valence-corrected chi connectivity index (χ1v) is 11.1. The largest absolute Gasteiger partial charge is 0.363 e. The van der Waals surface area contributed by atoms with E-state index in [-0.39, 0.29) is 11.9 Å². The number of hydrogen-bond donors (Lipinski definition) is 1. The van der Waals surface area contributed by atoms with Crippen LogP contribution in [-0.2, 0) is 19.5 Å². The van der Waals surface area contributed by atoms with Crippen LogP contribution >= 0.6 is 0 Å². The van der Waals surface area contributed by atoms with Crippen LogP contribution < -0.4 is 10.2 Å². The molecule has 158 valence electrons. The number of aryl methyl sites for hydroxylation is 1. The highest BCUT2D eigenvalue weighted by molar-refractivity contribution is 6.06. The summed E-state index contributed by atoms with van der Waals surface area (Å²) in [5.41, 5.74) is 6.57. The number of rotatable bonds is 3. The highest BCUT2D eigenvalue weighted by atomic mass is 16.2. The van der Waals surface area contributed by atoms with Gasteiger partial charge in [0.05, 0.1) is 18.2 Å². The molecule has 0 saturated carbocycles. The van der Waals surface area contributed by atoms with Crippen molar-refractivity contribution in [2.45, 2.75) is 32.0 Å². The van der Waals surface area contributed by atoms with Gasteiger partial charge in [-0.25, -0.2) is 4.98 Å². The van der Waals surface area contributed by atoms with Crippen LogP contribution in [0.1, 0.15) is 45.2 Å². The summed E-state index contributed by atoms with van der Waals surface area (Å²) in [4.78, 5) is 20.0. The molecule has 32 heavy (non-hydrogen) atoms. The molecule has 0 saturated heterocycles. The van der Waals surface area contributed by atoms with Crippen LogP contribution in [0.5, 0.6) is 0 Å². The average Bonchev–Trinajstić information content (AvgIpc) is 3.41. The Kier molecular flexibility index (Phi) is 4.53. The molecule has 1 unspecified atom stereocenters. The molecule has 1 N–H and O–H groups in total. The van der Waals surface area contributed by atoms with Crippen molar-refractivity contribution in [2.75, 3.05) is 10.2 Å². The normalized spacial score (nSPS) is 16.6. The van der Waals surface area contributed by atoms with Crippen molar-refractivity contribution < 1.29 is 4.79 Å². The van der Waals surface area contributed by atoms with Crippen molar-refractivity contribution in [3.05, 3.63) is 113 Å². The van der Waals surface area contributed by atoms with Gasteiger partial charge in [-0.2, -0.15) is 0 Å². The van der Waals surface area contributed by atoms with Gasteiger partial charge in [-0.3, -0.25) is 4.79 Å². The summed E-state index contributed by atoms with van der Waals surface area (Å²) in [7, 11) is 0. The molecule has 3 heterocycles. The van der Waals surface area contributed by atoms with Crippen LogP contribution in [0.15, 0.2) is 85.2 Å². The first-order chi connectivity index (χ1) is 15.8. The van der Waals surface area contributed by atoms with E-state index in [1.165, 1.54) is 11.1 Å². The Morgan fingerprint density at radius 1 is 0.906 bits per heavy atom. The van der Waals surface area contributed by atoms with E-state index in [1.54, 1.807) is 6.20 Å². The van der Waals surface area contributed by atoms with Gasteiger partial charge in [0.25, 0.3) is 5.91 Å². The number of benzene rings is 2. The van der Waals surface area contributed by atoms with Crippen molar-refractivity contribution in [1.29, 1.82) is 0 Å². The van der Waals surface area contributed by atoms with Gasteiger partial charge >= 0.3 is 0 Å². The van der Waals surface area contributed by atoms with Crippen LogP contribution in [0, 0.1) is 0 Å². The number of fused-ring (bicyclic) bond motifs is 3. The Labute approximate surface area is 187 Å². The lowest BCUT2D eigenvalue weighted by molar-refractivity contribution is 0.0984. The Bertz CT molecular complexity index is 1290. The fraction of sp³-hybridized carbons (Fsp3) is 0.185. The lowest BCUT2D eigenvalue weighted by Gasteiger charge is -2.23. The van der Waals surface area contributed by atoms with Gasteiger partial charge in [-0.05, 0) is 59.9 Å². The van der Waals surface area contributed by atoms with Gasteiger partial charge in [-0.1, -0.05) is 42.5 Å². The minimum absolute atomic E-state index is 0.0302. The zero-order valence-electron chi connectivity index (χ0n) is 17.7. The SMILES string of the molecule is O=C(c1ccc(NC2CCc3ccccc32)nc1)N1Cc2cccn2Cc2ccccc21. The Balaban J connectivity index is 1.25. The van der Waals surface area contributed by atoms with E-state index in [4.69, 9.17) is 0 Å². The highest BCUT2D eigenvalue weighted by Crippen LogP contribution is 2.33. The van der Waals surface area contributed by atoms with E-state index in [1.807, 2.05) is 41.3 Å². The average molecular weight is 421 g/mol. The zero-order chi connectivity index (χ0) is 21.5. The quantitative estimate of drug-likeness (QED) is 0.496. The van der Waals surface area contributed by atoms with Gasteiger partial charge in [0.1, 0.15) is 5.82 Å². The molecule has 4 aromatic rings. The summed E-state index contributed by atoms with van der Waals surface area (Å²) in [5, 5.41) is 3.54. The number of amides is 1. The van der Waals surface area contributed by atoms with Gasteiger partial charge < -0.3 is 14.8 Å². The maximum atomic E-state index is 13.5. The van der Waals surface area contributed by atoms with Crippen LogP contribution in [0.4, 0.5) is 11.5 Å². The van der Waals surface area contributed by atoms with Gasteiger partial charge in [-0.15, -0.1) is 0 Å². The third-order valence-corrected chi connectivity index (χ3v) is 6.58. The zero-order valence-corrected chi connectivity index (χ0v) is 17.7. The molecule has 2 aromatic heterocycles. The number of anilines is 2. The van der Waals surface area contributed by atoms with Gasteiger partial charge in [0.15, 0.2) is 0 Å². The first-order valence-electron chi connectivity index (χ1n) is 11.1. The minimum Gasteiger partial charge on any atom is -0.363 e. The molecular weight excluding hydrogens is 396 g/mol. The third-order valence-electron chi connectivity index (χ3n) is 6.58. The van der Waals surface area contributed by atoms with Crippen molar-refractivity contribution >= 4 is 17.4 Å². The number of para-hydroxylation sites is 1. The van der Waals surface area contributed by atoms with Crippen molar-refractivity contribution in [3.63, 3.8) is 0 Å². The van der Waals surface area contributed by atoms with Crippen molar-refractivity contribution in [2.24, 2.45) is 0 Å². The molecule has 0 spiro atoms. The van der Waals surface area contributed by atoms with E-state index < -0.39 is 0 Å². The monoisotopic (exact) mass is 420 g/mol. The van der Waals surface area contributed by atoms with E-state index in [9.17, 15) is 4.79 Å². The van der Waals surface area contributed by atoms with E-state index >= 15 is 0 Å². The number of nitrogens with one attached hydrogen (secondary N) is 1. The second kappa shape index (κ2) is 7.68. The van der Waals surface area contributed by atoms with Crippen LogP contribution in [0.25, 0.3) is 0 Å². The molecule has 5 heteroatoms. The van der Waals surface area contributed by atoms with Crippen molar-refractivity contribution in [3.8, 4) is 0 Å². The topological polar surface area (TPSA) is 50.2 Å². The number of hydrogen-bond acceptors (Lipinski definition) is 3. The molecule has 0 fully saturated rings. The smallest absolute Gasteiger partial charge is 0.260 e. The summed E-state index contributed by atoms with van der Waals surface area (Å²) >= 11 is 0. The fourth-order valence-corrected chi connectivity index (χ4v) is 4.91. The van der Waals surface area contributed by atoms with Crippen LogP contribution in [-0.4, -0.2) is 15.5 Å². The molecule has 6 rings (SSSR count). The second-order valence-electron chi connectivity index (χ2n) is 8.51. The predicted octanol–water partition coefficient (Wildman–Crippen LogP) is 5.19. The summed E-state index contributed by atoms with van der Waals surface area (Å²) in [5.74, 6) is 0.769. The lowest BCUT2D eigenvalue weighted by atomic mass is 10.1. The van der Waals surface area contributed by atoms with Crippen LogP contribution in [0.3, 0.4) is 0 Å². The predicted molar refractivity (Wildman–Crippen MR) is 126 cm³/mol. The third kappa shape index (κ3) is 3.26.